The fourth-order valence-electron chi connectivity index (χ4n) is 7.26. The van der Waals surface area contributed by atoms with Crippen molar-refractivity contribution in [3.63, 3.8) is 0 Å². The Kier molecular flexibility index (Phi) is 6.33. The third-order valence-electron chi connectivity index (χ3n) is 9.22. The third-order valence-corrected chi connectivity index (χ3v) is 11.8. The van der Waals surface area contributed by atoms with Gasteiger partial charge in [-0.1, -0.05) is 169 Å². The minimum Gasteiger partial charge on any atom is -0.0877 e. The second-order valence-corrected chi connectivity index (χ2v) is 13.8. The molecule has 0 bridgehead atoms. The summed E-state index contributed by atoms with van der Waals surface area (Å²) < 4.78 is 0. The molecule has 7 aromatic carbocycles. The number of rotatable bonds is 4. The van der Waals surface area contributed by atoms with Crippen LogP contribution in [0.5, 0.6) is 0 Å². The molecular weight excluding hydrogens is 581 g/mol. The highest BCUT2D eigenvalue weighted by atomic mass is 32.2. The molecule has 1 aliphatic carbocycles. The van der Waals surface area contributed by atoms with Crippen molar-refractivity contribution in [3.8, 4) is 11.1 Å². The summed E-state index contributed by atoms with van der Waals surface area (Å²) in [7, 11) is 0. The maximum absolute atomic E-state index is 2.44. The highest BCUT2D eigenvalue weighted by molar-refractivity contribution is 8.05. The van der Waals surface area contributed by atoms with Crippen LogP contribution in [0.2, 0.25) is 0 Å². The van der Waals surface area contributed by atoms with Gasteiger partial charge in [-0.2, -0.15) is 0 Å². The van der Waals surface area contributed by atoms with Crippen LogP contribution in [0.25, 0.3) is 34.1 Å². The van der Waals surface area contributed by atoms with E-state index >= 15 is 0 Å². The van der Waals surface area contributed by atoms with E-state index in [4.69, 9.17) is 0 Å². The van der Waals surface area contributed by atoms with Crippen LogP contribution in [0, 0.1) is 0 Å². The molecule has 7 aromatic rings. The molecule has 0 amide bonds. The second-order valence-electron chi connectivity index (χ2n) is 11.7. The molecule has 45 heavy (non-hydrogen) atoms. The summed E-state index contributed by atoms with van der Waals surface area (Å²) in [4.78, 5) is 5.36. The molecule has 0 saturated carbocycles. The maximum atomic E-state index is 2.44. The minimum atomic E-state index is -0.437. The lowest BCUT2D eigenvalue weighted by atomic mass is 9.67. The topological polar surface area (TPSA) is 0 Å². The Balaban J connectivity index is 1.30. The van der Waals surface area contributed by atoms with E-state index in [0.717, 1.165) is 0 Å². The van der Waals surface area contributed by atoms with Crippen LogP contribution in [-0.2, 0) is 5.41 Å². The first kappa shape index (κ1) is 26.6. The lowest BCUT2D eigenvalue weighted by Crippen LogP contribution is -2.28. The second kappa shape index (κ2) is 10.7. The molecular formula is C43H28S2. The van der Waals surface area contributed by atoms with Gasteiger partial charge in [0, 0.05) is 25.1 Å². The molecule has 0 nitrogen and oxygen atoms in total. The van der Waals surface area contributed by atoms with Gasteiger partial charge in [-0.15, -0.1) is 0 Å². The van der Waals surface area contributed by atoms with Crippen LogP contribution < -0.4 is 0 Å². The molecule has 0 radical (unpaired) electrons. The molecule has 0 unspecified atom stereocenters. The molecule has 0 fully saturated rings. The Hall–Kier alpha value is -4.76. The van der Waals surface area contributed by atoms with E-state index in [1.807, 2.05) is 23.5 Å². The SMILES string of the molecule is C(=C\c1cccc2ccccc12)/c1ccc2c(c1)C(c1ccccc1)(c1ccccc1)c1ccc3c(c1-2)Sc1ccccc1S3. The van der Waals surface area contributed by atoms with Gasteiger partial charge in [0.05, 0.1) is 5.41 Å². The quantitative estimate of drug-likeness (QED) is 0.182. The van der Waals surface area contributed by atoms with Gasteiger partial charge in [-0.25, -0.2) is 0 Å². The standard InChI is InChI=1S/C43H28S2/c1-3-15-32(16-4-1)43(33-17-5-2-6-18-33)36-26-27-40-42(45-39-21-10-9-20-38(39)44-40)41(36)35-25-23-29(28-37(35)43)22-24-31-14-11-13-30-12-7-8-19-34(30)31/h1-28H/b24-22+. The predicted octanol–water partition coefficient (Wildman–Crippen LogP) is 12.0. The molecule has 0 saturated heterocycles. The highest BCUT2D eigenvalue weighted by Crippen LogP contribution is 2.62. The van der Waals surface area contributed by atoms with Crippen molar-refractivity contribution < 1.29 is 0 Å². The summed E-state index contributed by atoms with van der Waals surface area (Å²) in [5, 5.41) is 2.53. The monoisotopic (exact) mass is 608 g/mol. The lowest BCUT2D eigenvalue weighted by molar-refractivity contribution is 0.765. The van der Waals surface area contributed by atoms with Crippen LogP contribution in [0.4, 0.5) is 0 Å². The molecule has 0 spiro atoms. The Morgan fingerprint density at radius 2 is 1.13 bits per heavy atom. The molecule has 0 atom stereocenters. The molecule has 9 rings (SSSR count). The predicted molar refractivity (Wildman–Crippen MR) is 191 cm³/mol. The maximum Gasteiger partial charge on any atom is 0.0714 e. The van der Waals surface area contributed by atoms with E-state index in [-0.39, 0.29) is 0 Å². The first-order chi connectivity index (χ1) is 22.3. The van der Waals surface area contributed by atoms with E-state index in [0.29, 0.717) is 0 Å². The van der Waals surface area contributed by atoms with E-state index in [1.165, 1.54) is 74.9 Å². The lowest BCUT2D eigenvalue weighted by Gasteiger charge is -2.34. The van der Waals surface area contributed by atoms with Crippen molar-refractivity contribution in [2.24, 2.45) is 0 Å². The summed E-state index contributed by atoms with van der Waals surface area (Å²) in [5.41, 5.74) is 9.97. The van der Waals surface area contributed by atoms with Gasteiger partial charge in [0.2, 0.25) is 0 Å². The van der Waals surface area contributed by atoms with Crippen molar-refractivity contribution in [3.05, 3.63) is 191 Å². The normalized spacial score (nSPS) is 14.1. The number of benzene rings is 7. The van der Waals surface area contributed by atoms with Gasteiger partial charge >= 0.3 is 0 Å². The third kappa shape index (κ3) is 4.17. The first-order valence-electron chi connectivity index (χ1n) is 15.3. The Morgan fingerprint density at radius 1 is 0.467 bits per heavy atom. The van der Waals surface area contributed by atoms with Gasteiger partial charge < -0.3 is 0 Å². The van der Waals surface area contributed by atoms with Crippen molar-refractivity contribution in [1.29, 1.82) is 0 Å². The van der Waals surface area contributed by atoms with Crippen molar-refractivity contribution >= 4 is 46.4 Å². The summed E-state index contributed by atoms with van der Waals surface area (Å²) in [5.74, 6) is 0. The van der Waals surface area contributed by atoms with E-state index in [9.17, 15) is 0 Å². The summed E-state index contributed by atoms with van der Waals surface area (Å²) in [6.07, 6.45) is 4.55. The van der Waals surface area contributed by atoms with Crippen molar-refractivity contribution in [2.75, 3.05) is 0 Å². The molecule has 212 valence electrons. The fourth-order valence-corrected chi connectivity index (χ4v) is 9.67. The zero-order valence-electron chi connectivity index (χ0n) is 24.5. The van der Waals surface area contributed by atoms with Gasteiger partial charge in [0.15, 0.2) is 0 Å². The smallest absolute Gasteiger partial charge is 0.0714 e. The van der Waals surface area contributed by atoms with Crippen LogP contribution in [-0.4, -0.2) is 0 Å². The van der Waals surface area contributed by atoms with E-state index in [2.05, 4.69) is 170 Å². The average molecular weight is 609 g/mol. The van der Waals surface area contributed by atoms with Gasteiger partial charge in [-0.3, -0.25) is 0 Å². The van der Waals surface area contributed by atoms with Gasteiger partial charge in [0.25, 0.3) is 0 Å². The van der Waals surface area contributed by atoms with Crippen LogP contribution in [0.1, 0.15) is 33.4 Å². The molecule has 1 heterocycles. The summed E-state index contributed by atoms with van der Waals surface area (Å²) in [6, 6.07) is 58.0. The number of hydrogen-bond donors (Lipinski definition) is 0. The Bertz CT molecular complexity index is 2220. The van der Waals surface area contributed by atoms with Crippen LogP contribution >= 0.6 is 23.5 Å². The first-order valence-corrected chi connectivity index (χ1v) is 17.0. The summed E-state index contributed by atoms with van der Waals surface area (Å²) in [6.45, 7) is 0. The molecule has 0 N–H and O–H groups in total. The van der Waals surface area contributed by atoms with Crippen LogP contribution in [0.15, 0.2) is 177 Å². The minimum absolute atomic E-state index is 0.437. The van der Waals surface area contributed by atoms with Gasteiger partial charge in [0.1, 0.15) is 0 Å². The largest absolute Gasteiger partial charge is 0.0877 e. The van der Waals surface area contributed by atoms with E-state index < -0.39 is 5.41 Å². The number of fused-ring (bicyclic) bond motifs is 7. The molecule has 2 heteroatoms. The molecule has 0 aromatic heterocycles. The average Bonchev–Trinajstić information content (AvgIpc) is 3.41. The fraction of sp³-hybridized carbons (Fsp3) is 0.0233. The van der Waals surface area contributed by atoms with E-state index in [1.54, 1.807) is 0 Å². The molecule has 1 aliphatic heterocycles. The van der Waals surface area contributed by atoms with Crippen molar-refractivity contribution in [2.45, 2.75) is 25.0 Å². The van der Waals surface area contributed by atoms with Crippen LogP contribution in [0.3, 0.4) is 0 Å². The molecule has 2 aliphatic rings. The van der Waals surface area contributed by atoms with Crippen molar-refractivity contribution in [1.82, 2.24) is 0 Å². The Morgan fingerprint density at radius 3 is 1.91 bits per heavy atom. The zero-order valence-corrected chi connectivity index (χ0v) is 26.1. The number of hydrogen-bond acceptors (Lipinski definition) is 2. The zero-order chi connectivity index (χ0) is 29.8. The Labute approximate surface area is 272 Å². The summed E-state index contributed by atoms with van der Waals surface area (Å²) >= 11 is 3.81. The highest BCUT2D eigenvalue weighted by Gasteiger charge is 2.47. The van der Waals surface area contributed by atoms with Gasteiger partial charge in [-0.05, 0) is 74.0 Å².